The Labute approximate surface area is 204 Å². The van der Waals surface area contributed by atoms with Crippen LogP contribution < -0.4 is 0 Å². The van der Waals surface area contributed by atoms with Gasteiger partial charge in [0, 0.05) is 31.8 Å². The second kappa shape index (κ2) is 12.1. The summed E-state index contributed by atoms with van der Waals surface area (Å²) in [5.41, 5.74) is 3.86. The molecular formula is C29H41NO4. The van der Waals surface area contributed by atoms with E-state index in [0.717, 1.165) is 57.2 Å². The number of hydrogen-bond donors (Lipinski definition) is 2. The molecule has 0 bridgehead atoms. The van der Waals surface area contributed by atoms with Crippen LogP contribution in [0, 0.1) is 24.7 Å². The van der Waals surface area contributed by atoms with E-state index in [1.807, 2.05) is 17.0 Å². The van der Waals surface area contributed by atoms with Gasteiger partial charge in [0.1, 0.15) is 0 Å². The Morgan fingerprint density at radius 1 is 1.24 bits per heavy atom. The third-order valence-corrected chi connectivity index (χ3v) is 7.79. The average molecular weight is 468 g/mol. The van der Waals surface area contributed by atoms with E-state index in [4.69, 9.17) is 4.74 Å². The molecule has 2 aliphatic carbocycles. The quantitative estimate of drug-likeness (QED) is 0.400. The van der Waals surface area contributed by atoms with Crippen molar-refractivity contribution in [3.63, 3.8) is 0 Å². The Hall–Kier alpha value is -1.95. The topological polar surface area (TPSA) is 70.0 Å². The van der Waals surface area contributed by atoms with E-state index in [1.165, 1.54) is 11.1 Å². The van der Waals surface area contributed by atoms with Gasteiger partial charge >= 0.3 is 0 Å². The molecule has 0 radical (unpaired) electrons. The van der Waals surface area contributed by atoms with Crippen molar-refractivity contribution in [2.45, 2.75) is 70.5 Å². The lowest BCUT2D eigenvalue weighted by atomic mass is 9.88. The second-order valence-corrected chi connectivity index (χ2v) is 10.4. The highest BCUT2D eigenvalue weighted by atomic mass is 16.5. The van der Waals surface area contributed by atoms with E-state index in [-0.39, 0.29) is 17.9 Å². The van der Waals surface area contributed by atoms with Crippen LogP contribution in [0.15, 0.2) is 48.1 Å². The van der Waals surface area contributed by atoms with Gasteiger partial charge in [0.2, 0.25) is 5.91 Å². The molecule has 5 nitrogen and oxygen atoms in total. The number of nitrogens with zero attached hydrogens (tertiary/aromatic N) is 1. The summed E-state index contributed by atoms with van der Waals surface area (Å²) in [4.78, 5) is 14.2. The van der Waals surface area contributed by atoms with Crippen LogP contribution in [0.5, 0.6) is 0 Å². The summed E-state index contributed by atoms with van der Waals surface area (Å²) < 4.78 is 5.32. The number of unbranched alkanes of at least 4 members (excludes halogenated alkanes) is 2. The molecule has 3 aliphatic rings. The minimum atomic E-state index is -0.526. The molecule has 5 atom stereocenters. The van der Waals surface area contributed by atoms with Gasteiger partial charge in [-0.05, 0) is 56.4 Å². The molecule has 2 fully saturated rings. The molecule has 1 saturated heterocycles. The van der Waals surface area contributed by atoms with E-state index in [1.54, 1.807) is 0 Å². The predicted octanol–water partition coefficient (Wildman–Crippen LogP) is 4.21. The molecule has 2 N–H and O–H groups in total. The zero-order valence-corrected chi connectivity index (χ0v) is 20.6. The van der Waals surface area contributed by atoms with Crippen LogP contribution in [-0.4, -0.2) is 59.5 Å². The fourth-order valence-electron chi connectivity index (χ4n) is 5.97. The maximum Gasteiger partial charge on any atom is 0.222 e. The SMILES string of the molecule is Cc1cccc(C[C@H](O)C=C[C@@H]2[C@H]3CC(CCCCCC(=O)N4CCOCC4)=C[C@H]3C[C@H]2O)c1. The Morgan fingerprint density at radius 2 is 2.06 bits per heavy atom. The van der Waals surface area contributed by atoms with E-state index >= 15 is 0 Å². The number of ether oxygens (including phenoxy) is 1. The average Bonchev–Trinajstić information content (AvgIpc) is 3.34. The van der Waals surface area contributed by atoms with Crippen molar-refractivity contribution in [3.8, 4) is 0 Å². The number of aliphatic hydroxyl groups excluding tert-OH is 2. The van der Waals surface area contributed by atoms with Crippen molar-refractivity contribution in [1.82, 2.24) is 4.90 Å². The van der Waals surface area contributed by atoms with Gasteiger partial charge in [0.25, 0.3) is 0 Å². The van der Waals surface area contributed by atoms with E-state index in [9.17, 15) is 15.0 Å². The molecule has 186 valence electrons. The number of carbonyl (C=O) groups is 1. The first kappa shape index (κ1) is 25.2. The van der Waals surface area contributed by atoms with Crippen molar-refractivity contribution < 1.29 is 19.7 Å². The highest BCUT2D eigenvalue weighted by molar-refractivity contribution is 5.76. The summed E-state index contributed by atoms with van der Waals surface area (Å²) >= 11 is 0. The molecule has 0 aromatic heterocycles. The largest absolute Gasteiger partial charge is 0.392 e. The van der Waals surface area contributed by atoms with Crippen molar-refractivity contribution in [3.05, 3.63) is 59.2 Å². The number of aliphatic hydroxyl groups is 2. The van der Waals surface area contributed by atoms with Crippen LogP contribution in [0.25, 0.3) is 0 Å². The predicted molar refractivity (Wildman–Crippen MR) is 134 cm³/mol. The molecule has 1 amide bonds. The Kier molecular flexibility index (Phi) is 8.98. The van der Waals surface area contributed by atoms with Crippen molar-refractivity contribution >= 4 is 5.91 Å². The lowest BCUT2D eigenvalue weighted by molar-refractivity contribution is -0.135. The van der Waals surface area contributed by atoms with Crippen LogP contribution in [-0.2, 0) is 16.0 Å². The van der Waals surface area contributed by atoms with Gasteiger partial charge in [-0.15, -0.1) is 0 Å². The number of morpholine rings is 1. The number of fused-ring (bicyclic) bond motifs is 1. The van der Waals surface area contributed by atoms with Gasteiger partial charge in [0.05, 0.1) is 25.4 Å². The smallest absolute Gasteiger partial charge is 0.222 e. The number of carbonyl (C=O) groups excluding carboxylic acids is 1. The normalized spacial score (nSPS) is 27.7. The van der Waals surface area contributed by atoms with Gasteiger partial charge < -0.3 is 19.8 Å². The van der Waals surface area contributed by atoms with Gasteiger partial charge in [-0.25, -0.2) is 0 Å². The first-order valence-corrected chi connectivity index (χ1v) is 13.1. The second-order valence-electron chi connectivity index (χ2n) is 10.4. The van der Waals surface area contributed by atoms with Gasteiger partial charge in [-0.2, -0.15) is 0 Å². The first-order valence-electron chi connectivity index (χ1n) is 13.1. The van der Waals surface area contributed by atoms with Crippen LogP contribution in [0.4, 0.5) is 0 Å². The molecule has 1 heterocycles. The standard InChI is InChI=1S/C29H41NO4/c1-21-6-5-8-22(16-21)18-25(31)10-11-26-27-19-23(17-24(27)20-28(26)32)7-3-2-4-9-29(33)30-12-14-34-15-13-30/h5-6,8,10-11,16-17,24-28,31-32H,2-4,7,9,12-15,18-20H2,1H3/t24-,25+,26+,27-,28+/m0/s1. The third-order valence-electron chi connectivity index (χ3n) is 7.79. The summed E-state index contributed by atoms with van der Waals surface area (Å²) in [7, 11) is 0. The Balaban J connectivity index is 1.17. The zero-order chi connectivity index (χ0) is 23.9. The number of benzene rings is 1. The maximum absolute atomic E-state index is 12.3. The number of hydrogen-bond acceptors (Lipinski definition) is 4. The van der Waals surface area contributed by atoms with E-state index in [0.29, 0.717) is 37.9 Å². The summed E-state index contributed by atoms with van der Waals surface area (Å²) in [5, 5.41) is 21.1. The fourth-order valence-corrected chi connectivity index (χ4v) is 5.97. The summed E-state index contributed by atoms with van der Waals surface area (Å²) in [6, 6.07) is 8.26. The highest BCUT2D eigenvalue weighted by Gasteiger charge is 2.43. The first-order chi connectivity index (χ1) is 16.5. The molecule has 0 spiro atoms. The van der Waals surface area contributed by atoms with Gasteiger partial charge in [0.15, 0.2) is 0 Å². The Bertz CT molecular complexity index is 873. The maximum atomic E-state index is 12.3. The van der Waals surface area contributed by atoms with Crippen molar-refractivity contribution in [1.29, 1.82) is 0 Å². The molecule has 5 heteroatoms. The fraction of sp³-hybridized carbons (Fsp3) is 0.621. The lowest BCUT2D eigenvalue weighted by Gasteiger charge is -2.26. The molecule has 1 aromatic rings. The highest BCUT2D eigenvalue weighted by Crippen LogP contribution is 2.48. The van der Waals surface area contributed by atoms with Gasteiger partial charge in [-0.3, -0.25) is 4.79 Å². The molecular weight excluding hydrogens is 426 g/mol. The summed E-state index contributed by atoms with van der Waals surface area (Å²) in [5.74, 6) is 1.30. The molecule has 1 aliphatic heterocycles. The molecule has 1 saturated carbocycles. The minimum absolute atomic E-state index is 0.122. The van der Waals surface area contributed by atoms with Crippen molar-refractivity contribution in [2.24, 2.45) is 17.8 Å². The summed E-state index contributed by atoms with van der Waals surface area (Å²) in [6.07, 6.45) is 12.9. The lowest BCUT2D eigenvalue weighted by Crippen LogP contribution is -2.40. The van der Waals surface area contributed by atoms with Crippen LogP contribution >= 0.6 is 0 Å². The number of allylic oxidation sites excluding steroid dienone is 2. The van der Waals surface area contributed by atoms with Crippen LogP contribution in [0.3, 0.4) is 0 Å². The number of aryl methyl sites for hydroxylation is 1. The van der Waals surface area contributed by atoms with E-state index in [2.05, 4.69) is 37.3 Å². The number of amides is 1. The Morgan fingerprint density at radius 3 is 2.85 bits per heavy atom. The molecule has 34 heavy (non-hydrogen) atoms. The minimum Gasteiger partial charge on any atom is -0.392 e. The van der Waals surface area contributed by atoms with Gasteiger partial charge in [-0.1, -0.05) is 60.1 Å². The van der Waals surface area contributed by atoms with Crippen LogP contribution in [0.2, 0.25) is 0 Å². The molecule has 0 unspecified atom stereocenters. The number of rotatable bonds is 10. The monoisotopic (exact) mass is 467 g/mol. The van der Waals surface area contributed by atoms with Crippen LogP contribution in [0.1, 0.15) is 56.1 Å². The third kappa shape index (κ3) is 6.80. The zero-order valence-electron chi connectivity index (χ0n) is 20.6. The van der Waals surface area contributed by atoms with Crippen molar-refractivity contribution in [2.75, 3.05) is 26.3 Å². The molecule has 4 rings (SSSR count). The molecule has 1 aromatic carbocycles. The summed E-state index contributed by atoms with van der Waals surface area (Å²) in [6.45, 7) is 4.87. The van der Waals surface area contributed by atoms with E-state index < -0.39 is 6.10 Å².